The van der Waals surface area contributed by atoms with E-state index in [1.165, 1.54) is 11.3 Å². The number of nitrogens with zero attached hydrogens (tertiary/aromatic N) is 1. The van der Waals surface area contributed by atoms with Gasteiger partial charge in [-0.15, -0.1) is 0 Å². The van der Waals surface area contributed by atoms with Crippen molar-refractivity contribution in [1.82, 2.24) is 5.32 Å². The summed E-state index contributed by atoms with van der Waals surface area (Å²) in [6.45, 7) is 7.84. The van der Waals surface area contributed by atoms with E-state index in [1.54, 1.807) is 6.08 Å². The lowest BCUT2D eigenvalue weighted by Gasteiger charge is -2.20. The molecule has 5 heteroatoms. The predicted molar refractivity (Wildman–Crippen MR) is 111 cm³/mol. The molecule has 2 rings (SSSR count). The Morgan fingerprint density at radius 1 is 1.16 bits per heavy atom. The Morgan fingerprint density at radius 3 is 2.48 bits per heavy atom. The van der Waals surface area contributed by atoms with Crippen molar-refractivity contribution in [3.63, 3.8) is 0 Å². The molecule has 0 bridgehead atoms. The number of ether oxygens (including phenoxy) is 1. The van der Waals surface area contributed by atoms with E-state index in [4.69, 9.17) is 17.0 Å². The van der Waals surface area contributed by atoms with Crippen LogP contribution in [0.25, 0.3) is 0 Å². The lowest BCUT2D eigenvalue weighted by Crippen LogP contribution is -2.35. The Hall–Kier alpha value is -2.53. The molecule has 132 valence electrons. The van der Waals surface area contributed by atoms with E-state index in [9.17, 15) is 0 Å². The fourth-order valence-corrected chi connectivity index (χ4v) is 2.45. The monoisotopic (exact) mass is 355 g/mol. The molecule has 4 nitrogen and oxygen atoms in total. The number of rotatable bonds is 8. The van der Waals surface area contributed by atoms with Crippen molar-refractivity contribution in [3.8, 4) is 5.75 Å². The van der Waals surface area contributed by atoms with Crippen molar-refractivity contribution in [3.05, 3.63) is 66.7 Å². The molecule has 0 saturated carbocycles. The number of likely N-dealkylation sites (N-methyl/N-ethyl adjacent to an activating group) is 1. The molecule has 2 aromatic rings. The molecule has 0 unspecified atom stereocenters. The first-order chi connectivity index (χ1) is 12.1. The quantitative estimate of drug-likeness (QED) is 0.553. The number of hydrogen-bond acceptors (Lipinski definition) is 3. The molecule has 2 aromatic carbocycles. The Balaban J connectivity index is 1.73. The smallest absolute Gasteiger partial charge is 0.170 e. The minimum absolute atomic E-state index is 0.501. The molecule has 2 N–H and O–H groups in total. The van der Waals surface area contributed by atoms with E-state index in [-0.39, 0.29) is 0 Å². The summed E-state index contributed by atoms with van der Waals surface area (Å²) in [6.07, 6.45) is 1.72. The van der Waals surface area contributed by atoms with Crippen LogP contribution in [-0.4, -0.2) is 31.9 Å². The van der Waals surface area contributed by atoms with Gasteiger partial charge in [-0.05, 0) is 55.5 Å². The first kappa shape index (κ1) is 18.8. The van der Waals surface area contributed by atoms with Gasteiger partial charge in [0.15, 0.2) is 5.11 Å². The number of benzene rings is 2. The number of nitrogens with one attached hydrogen (secondary N) is 2. The zero-order chi connectivity index (χ0) is 18.1. The van der Waals surface area contributed by atoms with E-state index >= 15 is 0 Å². The van der Waals surface area contributed by atoms with Crippen LogP contribution >= 0.6 is 12.2 Å². The van der Waals surface area contributed by atoms with Crippen molar-refractivity contribution in [2.45, 2.75) is 6.92 Å². The molecule has 0 spiro atoms. The van der Waals surface area contributed by atoms with Gasteiger partial charge in [0.2, 0.25) is 0 Å². The van der Waals surface area contributed by atoms with Gasteiger partial charge >= 0.3 is 0 Å². The average Bonchev–Trinajstić information content (AvgIpc) is 2.61. The van der Waals surface area contributed by atoms with E-state index in [0.717, 1.165) is 24.5 Å². The average molecular weight is 356 g/mol. The summed E-state index contributed by atoms with van der Waals surface area (Å²) < 4.78 is 5.46. The second-order valence-corrected chi connectivity index (χ2v) is 6.17. The Bertz CT molecular complexity index is 683. The van der Waals surface area contributed by atoms with Crippen LogP contribution in [0.3, 0.4) is 0 Å². The number of hydrogen-bond donors (Lipinski definition) is 2. The number of aryl methyl sites for hydroxylation is 1. The van der Waals surface area contributed by atoms with Crippen LogP contribution in [-0.2, 0) is 0 Å². The molecular weight excluding hydrogens is 330 g/mol. The second-order valence-electron chi connectivity index (χ2n) is 5.76. The van der Waals surface area contributed by atoms with Crippen LogP contribution in [0.5, 0.6) is 5.75 Å². The molecule has 0 aliphatic heterocycles. The van der Waals surface area contributed by atoms with E-state index < -0.39 is 0 Å². The summed E-state index contributed by atoms with van der Waals surface area (Å²) in [5.74, 6) is 0.809. The highest BCUT2D eigenvalue weighted by Gasteiger charge is 2.02. The molecular formula is C20H25N3OS. The van der Waals surface area contributed by atoms with Gasteiger partial charge < -0.3 is 20.3 Å². The van der Waals surface area contributed by atoms with Crippen molar-refractivity contribution in [2.24, 2.45) is 0 Å². The lowest BCUT2D eigenvalue weighted by atomic mass is 10.2. The first-order valence-electron chi connectivity index (χ1n) is 8.25. The molecule has 25 heavy (non-hydrogen) atoms. The normalized spacial score (nSPS) is 10.0. The fourth-order valence-electron chi connectivity index (χ4n) is 2.23. The third kappa shape index (κ3) is 6.47. The number of anilines is 2. The van der Waals surface area contributed by atoms with Crippen LogP contribution in [0.1, 0.15) is 5.56 Å². The topological polar surface area (TPSA) is 36.5 Å². The SMILES string of the molecule is C=CCOc1ccc(NC(=S)NCCN(C)c2ccc(C)cc2)cc1. The number of thiocarbonyl (C=S) groups is 1. The maximum atomic E-state index is 5.46. The van der Waals surface area contributed by atoms with E-state index in [2.05, 4.69) is 60.3 Å². The van der Waals surface area contributed by atoms with Crippen LogP contribution < -0.4 is 20.3 Å². The molecule has 0 atom stereocenters. The molecule has 0 fully saturated rings. The molecule has 0 saturated heterocycles. The van der Waals surface area contributed by atoms with Crippen molar-refractivity contribution < 1.29 is 4.74 Å². The summed E-state index contributed by atoms with van der Waals surface area (Å²) in [4.78, 5) is 2.20. The van der Waals surface area contributed by atoms with Crippen molar-refractivity contribution in [2.75, 3.05) is 37.0 Å². The van der Waals surface area contributed by atoms with Gasteiger partial charge in [-0.3, -0.25) is 0 Å². The molecule has 0 heterocycles. The van der Waals surface area contributed by atoms with Crippen LogP contribution in [0.2, 0.25) is 0 Å². The molecule has 0 aliphatic rings. The van der Waals surface area contributed by atoms with Crippen molar-refractivity contribution >= 4 is 28.7 Å². The van der Waals surface area contributed by atoms with Gasteiger partial charge in [0.05, 0.1) is 0 Å². The highest BCUT2D eigenvalue weighted by Crippen LogP contribution is 2.15. The maximum absolute atomic E-state index is 5.46. The minimum Gasteiger partial charge on any atom is -0.490 e. The minimum atomic E-state index is 0.501. The summed E-state index contributed by atoms with van der Waals surface area (Å²) in [6, 6.07) is 16.2. The standard InChI is InChI=1S/C20H25N3OS/c1-4-15-24-19-11-7-17(8-12-19)22-20(25)21-13-14-23(3)18-9-5-16(2)6-10-18/h4-12H,1,13-15H2,2-3H3,(H2,21,22,25). The summed E-state index contributed by atoms with van der Waals surface area (Å²) in [5, 5.41) is 7.01. The van der Waals surface area contributed by atoms with Gasteiger partial charge in [-0.2, -0.15) is 0 Å². The van der Waals surface area contributed by atoms with Gasteiger partial charge in [0, 0.05) is 31.5 Å². The van der Waals surface area contributed by atoms with Crippen LogP contribution in [0, 0.1) is 6.92 Å². The van der Waals surface area contributed by atoms with Gasteiger partial charge in [0.1, 0.15) is 12.4 Å². The third-order valence-corrected chi connectivity index (χ3v) is 3.93. The van der Waals surface area contributed by atoms with Crippen LogP contribution in [0.4, 0.5) is 11.4 Å². The third-order valence-electron chi connectivity index (χ3n) is 3.69. The largest absolute Gasteiger partial charge is 0.490 e. The summed E-state index contributed by atoms with van der Waals surface area (Å²) >= 11 is 5.34. The zero-order valence-corrected chi connectivity index (χ0v) is 15.6. The van der Waals surface area contributed by atoms with Gasteiger partial charge in [-0.1, -0.05) is 30.4 Å². The highest BCUT2D eigenvalue weighted by molar-refractivity contribution is 7.80. The van der Waals surface area contributed by atoms with Gasteiger partial charge in [0.25, 0.3) is 0 Å². The molecule has 0 aliphatic carbocycles. The Labute approximate surface area is 155 Å². The highest BCUT2D eigenvalue weighted by atomic mass is 32.1. The first-order valence-corrected chi connectivity index (χ1v) is 8.66. The van der Waals surface area contributed by atoms with Gasteiger partial charge in [-0.25, -0.2) is 0 Å². The molecule has 0 radical (unpaired) electrons. The van der Waals surface area contributed by atoms with Crippen LogP contribution in [0.15, 0.2) is 61.2 Å². The lowest BCUT2D eigenvalue weighted by molar-refractivity contribution is 0.363. The summed E-state index contributed by atoms with van der Waals surface area (Å²) in [5.41, 5.74) is 3.39. The predicted octanol–water partition coefficient (Wildman–Crippen LogP) is 3.98. The molecule has 0 amide bonds. The van der Waals surface area contributed by atoms with E-state index in [1.807, 2.05) is 24.3 Å². The summed E-state index contributed by atoms with van der Waals surface area (Å²) in [7, 11) is 2.07. The molecule has 0 aromatic heterocycles. The van der Waals surface area contributed by atoms with E-state index in [0.29, 0.717) is 11.7 Å². The maximum Gasteiger partial charge on any atom is 0.170 e. The fraction of sp³-hybridized carbons (Fsp3) is 0.250. The zero-order valence-electron chi connectivity index (χ0n) is 14.8. The van der Waals surface area contributed by atoms with Crippen molar-refractivity contribution in [1.29, 1.82) is 0 Å². The Morgan fingerprint density at radius 2 is 1.84 bits per heavy atom. The second kappa shape index (κ2) is 9.69. The Kier molecular flexibility index (Phi) is 7.29.